The maximum Gasteiger partial charge on any atom is 0.162 e. The van der Waals surface area contributed by atoms with E-state index in [9.17, 15) is 9.18 Å². The van der Waals surface area contributed by atoms with E-state index in [-0.39, 0.29) is 11.5 Å². The third kappa shape index (κ3) is 3.35. The summed E-state index contributed by atoms with van der Waals surface area (Å²) in [6, 6.07) is 4.22. The van der Waals surface area contributed by atoms with Crippen molar-refractivity contribution in [3.05, 3.63) is 29.6 Å². The number of halogens is 1. The van der Waals surface area contributed by atoms with Crippen LogP contribution in [0.15, 0.2) is 18.2 Å². The summed E-state index contributed by atoms with van der Waals surface area (Å²) in [6.07, 6.45) is 3.45. The molecule has 0 aliphatic heterocycles. The van der Waals surface area contributed by atoms with E-state index in [1.807, 2.05) is 0 Å². The fourth-order valence-corrected chi connectivity index (χ4v) is 1.38. The second kappa shape index (κ2) is 5.49. The van der Waals surface area contributed by atoms with Gasteiger partial charge in [0.05, 0.1) is 5.69 Å². The van der Waals surface area contributed by atoms with Crippen molar-refractivity contribution < 1.29 is 9.18 Å². The number of carbonyl (C=O) groups is 1. The average Bonchev–Trinajstić information content (AvgIpc) is 2.22. The van der Waals surface area contributed by atoms with Crippen molar-refractivity contribution in [3.8, 4) is 0 Å². The zero-order valence-electron chi connectivity index (χ0n) is 8.92. The van der Waals surface area contributed by atoms with Crippen molar-refractivity contribution in [2.45, 2.75) is 32.6 Å². The quantitative estimate of drug-likeness (QED) is 0.460. The fraction of sp³-hybridized carbons (Fsp3) is 0.417. The van der Waals surface area contributed by atoms with Crippen molar-refractivity contribution in [2.24, 2.45) is 0 Å². The maximum absolute atomic E-state index is 13.1. The Morgan fingerprint density at radius 3 is 2.73 bits per heavy atom. The number of rotatable bonds is 5. The minimum Gasteiger partial charge on any atom is -0.396 e. The number of ketones is 1. The summed E-state index contributed by atoms with van der Waals surface area (Å²) >= 11 is 0. The summed E-state index contributed by atoms with van der Waals surface area (Å²) in [6.45, 7) is 2.08. The number of benzene rings is 1. The lowest BCUT2D eigenvalue weighted by Gasteiger charge is -2.02. The fourth-order valence-electron chi connectivity index (χ4n) is 1.38. The summed E-state index contributed by atoms with van der Waals surface area (Å²) in [5.41, 5.74) is 5.82. The van der Waals surface area contributed by atoms with Gasteiger partial charge in [0.1, 0.15) is 5.82 Å². The predicted octanol–water partition coefficient (Wildman–Crippen LogP) is 3.17. The van der Waals surface area contributed by atoms with Crippen molar-refractivity contribution in [1.29, 1.82) is 0 Å². The van der Waals surface area contributed by atoms with E-state index in [0.717, 1.165) is 19.3 Å². The minimum atomic E-state index is -0.517. The Balaban J connectivity index is 2.62. The van der Waals surface area contributed by atoms with Gasteiger partial charge in [-0.25, -0.2) is 4.39 Å². The lowest BCUT2D eigenvalue weighted by molar-refractivity contribution is 0.0979. The van der Waals surface area contributed by atoms with E-state index in [2.05, 4.69) is 6.92 Å². The molecule has 0 heterocycles. The third-order valence-corrected chi connectivity index (χ3v) is 2.33. The highest BCUT2D eigenvalue weighted by molar-refractivity contribution is 5.96. The lowest BCUT2D eigenvalue weighted by Crippen LogP contribution is -2.01. The second-order valence-corrected chi connectivity index (χ2v) is 3.62. The van der Waals surface area contributed by atoms with Crippen LogP contribution in [0.5, 0.6) is 0 Å². The SMILES string of the molecule is CCCCCC(=O)c1ccc(N)c(F)c1. The first-order valence-electron chi connectivity index (χ1n) is 5.23. The van der Waals surface area contributed by atoms with Crippen LogP contribution >= 0.6 is 0 Å². The molecule has 1 rings (SSSR count). The van der Waals surface area contributed by atoms with Crippen LogP contribution < -0.4 is 5.73 Å². The summed E-state index contributed by atoms with van der Waals surface area (Å²) in [7, 11) is 0. The summed E-state index contributed by atoms with van der Waals surface area (Å²) in [5, 5.41) is 0. The monoisotopic (exact) mass is 209 g/mol. The zero-order chi connectivity index (χ0) is 11.3. The normalized spacial score (nSPS) is 10.3. The molecule has 0 aliphatic carbocycles. The highest BCUT2D eigenvalue weighted by Crippen LogP contribution is 2.14. The van der Waals surface area contributed by atoms with Gasteiger partial charge in [0.25, 0.3) is 0 Å². The van der Waals surface area contributed by atoms with E-state index in [4.69, 9.17) is 5.73 Å². The Morgan fingerprint density at radius 2 is 2.13 bits per heavy atom. The molecule has 0 aromatic heterocycles. The zero-order valence-corrected chi connectivity index (χ0v) is 8.92. The standard InChI is InChI=1S/C12H16FNO/c1-2-3-4-5-12(15)9-6-7-11(14)10(13)8-9/h6-8H,2-5,14H2,1H3. The van der Waals surface area contributed by atoms with Crippen LogP contribution in [-0.4, -0.2) is 5.78 Å². The molecule has 2 N–H and O–H groups in total. The van der Waals surface area contributed by atoms with Crippen LogP contribution in [-0.2, 0) is 0 Å². The molecule has 0 unspecified atom stereocenters. The van der Waals surface area contributed by atoms with Gasteiger partial charge in [-0.1, -0.05) is 19.8 Å². The van der Waals surface area contributed by atoms with Crippen LogP contribution in [0.3, 0.4) is 0 Å². The number of hydrogen-bond acceptors (Lipinski definition) is 2. The van der Waals surface area contributed by atoms with Gasteiger partial charge in [-0.05, 0) is 24.6 Å². The first kappa shape index (κ1) is 11.7. The van der Waals surface area contributed by atoms with Gasteiger partial charge < -0.3 is 5.73 Å². The minimum absolute atomic E-state index is 0.0117. The topological polar surface area (TPSA) is 43.1 Å². The van der Waals surface area contributed by atoms with Crippen molar-refractivity contribution in [1.82, 2.24) is 0 Å². The number of hydrogen-bond donors (Lipinski definition) is 1. The third-order valence-electron chi connectivity index (χ3n) is 2.33. The van der Waals surface area contributed by atoms with Crippen LogP contribution in [0.2, 0.25) is 0 Å². The molecule has 2 nitrogen and oxygen atoms in total. The molecule has 82 valence electrons. The summed E-state index contributed by atoms with van der Waals surface area (Å²) < 4.78 is 13.1. The highest BCUT2D eigenvalue weighted by Gasteiger charge is 2.07. The van der Waals surface area contributed by atoms with Gasteiger partial charge in [0.15, 0.2) is 5.78 Å². The van der Waals surface area contributed by atoms with Crippen molar-refractivity contribution in [2.75, 3.05) is 5.73 Å². The van der Waals surface area contributed by atoms with E-state index in [0.29, 0.717) is 12.0 Å². The van der Waals surface area contributed by atoms with Gasteiger partial charge in [0, 0.05) is 12.0 Å². The van der Waals surface area contributed by atoms with Gasteiger partial charge in [-0.15, -0.1) is 0 Å². The molecule has 0 atom stereocenters. The number of anilines is 1. The highest BCUT2D eigenvalue weighted by atomic mass is 19.1. The molecule has 0 radical (unpaired) electrons. The average molecular weight is 209 g/mol. The Hall–Kier alpha value is -1.38. The van der Waals surface area contributed by atoms with Gasteiger partial charge in [-0.3, -0.25) is 4.79 Å². The van der Waals surface area contributed by atoms with Gasteiger partial charge in [0.2, 0.25) is 0 Å². The molecule has 0 fully saturated rings. The van der Waals surface area contributed by atoms with Crippen molar-refractivity contribution in [3.63, 3.8) is 0 Å². The summed E-state index contributed by atoms with van der Waals surface area (Å²) in [5.74, 6) is -0.529. The van der Waals surface area contributed by atoms with E-state index in [1.54, 1.807) is 6.07 Å². The molecule has 0 saturated heterocycles. The molecule has 15 heavy (non-hydrogen) atoms. The van der Waals surface area contributed by atoms with E-state index >= 15 is 0 Å². The molecular weight excluding hydrogens is 193 g/mol. The molecule has 0 saturated carbocycles. The molecule has 0 bridgehead atoms. The maximum atomic E-state index is 13.1. The largest absolute Gasteiger partial charge is 0.396 e. The number of carbonyl (C=O) groups excluding carboxylic acids is 1. The Morgan fingerprint density at radius 1 is 1.40 bits per heavy atom. The Bertz CT molecular complexity index is 349. The first-order chi connectivity index (χ1) is 7.15. The first-order valence-corrected chi connectivity index (χ1v) is 5.23. The molecule has 0 aliphatic rings. The van der Waals surface area contributed by atoms with Crippen molar-refractivity contribution >= 4 is 11.5 Å². The number of Topliss-reactive ketones (excluding diaryl/α,β-unsaturated/α-hetero) is 1. The molecule has 3 heteroatoms. The van der Waals surface area contributed by atoms with Crippen LogP contribution in [0.4, 0.5) is 10.1 Å². The second-order valence-electron chi connectivity index (χ2n) is 3.62. The number of unbranched alkanes of at least 4 members (excludes halogenated alkanes) is 2. The molecular formula is C12H16FNO. The molecule has 0 amide bonds. The van der Waals surface area contributed by atoms with Gasteiger partial charge >= 0.3 is 0 Å². The van der Waals surface area contributed by atoms with Crippen LogP contribution in [0, 0.1) is 5.82 Å². The van der Waals surface area contributed by atoms with E-state index < -0.39 is 5.82 Å². The lowest BCUT2D eigenvalue weighted by atomic mass is 10.0. The number of nitrogen functional groups attached to an aromatic ring is 1. The summed E-state index contributed by atoms with van der Waals surface area (Å²) in [4.78, 5) is 11.6. The smallest absolute Gasteiger partial charge is 0.162 e. The number of nitrogens with two attached hydrogens (primary N) is 1. The van der Waals surface area contributed by atoms with Crippen LogP contribution in [0.1, 0.15) is 43.0 Å². The predicted molar refractivity (Wildman–Crippen MR) is 59.3 cm³/mol. The van der Waals surface area contributed by atoms with Gasteiger partial charge in [-0.2, -0.15) is 0 Å². The van der Waals surface area contributed by atoms with E-state index in [1.165, 1.54) is 12.1 Å². The Labute approximate surface area is 89.3 Å². The molecule has 1 aromatic rings. The molecule has 1 aromatic carbocycles. The van der Waals surface area contributed by atoms with Crippen LogP contribution in [0.25, 0.3) is 0 Å². The molecule has 0 spiro atoms. The Kier molecular flexibility index (Phi) is 4.28.